The van der Waals surface area contributed by atoms with Gasteiger partial charge in [-0.2, -0.15) is 0 Å². The average Bonchev–Trinajstić information content (AvgIpc) is 2.85. The molecule has 1 atom stereocenters. The van der Waals surface area contributed by atoms with Crippen molar-refractivity contribution < 1.29 is 9.59 Å². The quantitative estimate of drug-likeness (QED) is 0.371. The Morgan fingerprint density at radius 2 is 1.71 bits per heavy atom. The van der Waals surface area contributed by atoms with Gasteiger partial charge in [0.1, 0.15) is 11.7 Å². The van der Waals surface area contributed by atoms with Crippen LogP contribution in [0.25, 0.3) is 22.3 Å². The van der Waals surface area contributed by atoms with Crippen molar-refractivity contribution in [2.45, 2.75) is 33.2 Å². The van der Waals surface area contributed by atoms with Crippen molar-refractivity contribution in [3.8, 4) is 11.3 Å². The predicted octanol–water partition coefficient (Wildman–Crippen LogP) is 5.57. The van der Waals surface area contributed by atoms with Crippen LogP contribution in [-0.2, 0) is 9.59 Å². The monoisotopic (exact) mass is 488 g/mol. The Balaban J connectivity index is 1.88. The highest BCUT2D eigenvalue weighted by Crippen LogP contribution is 2.29. The first-order valence-electron chi connectivity index (χ1n) is 11.3. The van der Waals surface area contributed by atoms with Crippen LogP contribution < -0.4 is 16.2 Å². The molecular weight excluding hydrogens is 464 g/mol. The lowest BCUT2D eigenvalue weighted by Crippen LogP contribution is -2.33. The lowest BCUT2D eigenvalue weighted by Gasteiger charge is -2.20. The van der Waals surface area contributed by atoms with Gasteiger partial charge in [-0.15, -0.1) is 0 Å². The third kappa shape index (κ3) is 4.95. The molecule has 2 amide bonds. The van der Waals surface area contributed by atoms with Crippen molar-refractivity contribution in [1.82, 2.24) is 9.55 Å². The van der Waals surface area contributed by atoms with E-state index in [0.717, 1.165) is 5.56 Å². The second-order valence-electron chi connectivity index (χ2n) is 8.22. The summed E-state index contributed by atoms with van der Waals surface area (Å²) in [7, 11) is 0. The van der Waals surface area contributed by atoms with Gasteiger partial charge in [0.2, 0.25) is 11.8 Å². The fraction of sp³-hybridized carbons (Fsp3) is 0.185. The van der Waals surface area contributed by atoms with Crippen LogP contribution in [0.4, 0.5) is 11.4 Å². The van der Waals surface area contributed by atoms with Gasteiger partial charge in [-0.25, -0.2) is 4.98 Å². The standard InChI is InChI=1S/C27H25ClN4O3/c1-4-24(33)29-20-14-13-16(2)15-18(20)25-27(35)32(23-12-8-7-11-22(23)30-25)17(3)26(34)31-21-10-6-5-9-19(21)28/h5-15,17H,4H2,1-3H3,(H,29,33)(H,31,34). The molecule has 1 unspecified atom stereocenters. The van der Waals surface area contributed by atoms with E-state index in [1.807, 2.05) is 25.1 Å². The van der Waals surface area contributed by atoms with Crippen LogP contribution in [0, 0.1) is 6.92 Å². The summed E-state index contributed by atoms with van der Waals surface area (Å²) >= 11 is 6.21. The zero-order chi connectivity index (χ0) is 25.1. The van der Waals surface area contributed by atoms with E-state index in [4.69, 9.17) is 11.6 Å². The Labute approximate surface area is 207 Å². The Morgan fingerprint density at radius 3 is 2.46 bits per heavy atom. The molecule has 7 nitrogen and oxygen atoms in total. The fourth-order valence-corrected chi connectivity index (χ4v) is 4.02. The topological polar surface area (TPSA) is 93.1 Å². The number of benzene rings is 3. The molecule has 0 spiro atoms. The molecule has 1 heterocycles. The SMILES string of the molecule is CCC(=O)Nc1ccc(C)cc1-c1nc2ccccc2n(C(C)C(=O)Nc2ccccc2Cl)c1=O. The molecule has 1 aromatic heterocycles. The van der Waals surface area contributed by atoms with Crippen molar-refractivity contribution in [2.24, 2.45) is 0 Å². The number of hydrogen-bond acceptors (Lipinski definition) is 4. The third-order valence-electron chi connectivity index (χ3n) is 5.72. The first-order valence-corrected chi connectivity index (χ1v) is 11.7. The number of carbonyl (C=O) groups is 2. The maximum Gasteiger partial charge on any atom is 0.278 e. The van der Waals surface area contributed by atoms with Crippen LogP contribution in [0.3, 0.4) is 0 Å². The Hall–Kier alpha value is -3.97. The van der Waals surface area contributed by atoms with Crippen LogP contribution in [0.2, 0.25) is 5.02 Å². The van der Waals surface area contributed by atoms with Crippen LogP contribution in [0.15, 0.2) is 71.5 Å². The Bertz CT molecular complexity index is 1500. The second kappa shape index (κ2) is 10.1. The van der Waals surface area contributed by atoms with Crippen molar-refractivity contribution in [1.29, 1.82) is 0 Å². The van der Waals surface area contributed by atoms with Gasteiger partial charge < -0.3 is 10.6 Å². The number of rotatable bonds is 6. The van der Waals surface area contributed by atoms with Crippen molar-refractivity contribution in [2.75, 3.05) is 10.6 Å². The lowest BCUT2D eigenvalue weighted by molar-refractivity contribution is -0.119. The molecule has 4 rings (SSSR count). The Kier molecular flexibility index (Phi) is 6.98. The largest absolute Gasteiger partial charge is 0.325 e. The maximum absolute atomic E-state index is 13.8. The maximum atomic E-state index is 13.8. The normalized spacial score (nSPS) is 11.8. The number of halogens is 1. The number of carbonyl (C=O) groups excluding carboxylic acids is 2. The molecule has 0 saturated carbocycles. The highest BCUT2D eigenvalue weighted by atomic mass is 35.5. The van der Waals surface area contributed by atoms with Gasteiger partial charge in [0.25, 0.3) is 5.56 Å². The van der Waals surface area contributed by atoms with Gasteiger partial charge in [0.15, 0.2) is 0 Å². The van der Waals surface area contributed by atoms with E-state index in [1.165, 1.54) is 4.57 Å². The summed E-state index contributed by atoms with van der Waals surface area (Å²) in [6, 6.07) is 18.6. The van der Waals surface area contributed by atoms with Gasteiger partial charge in [0, 0.05) is 12.0 Å². The summed E-state index contributed by atoms with van der Waals surface area (Å²) < 4.78 is 1.43. The van der Waals surface area contributed by atoms with Gasteiger partial charge in [-0.05, 0) is 50.2 Å². The number of amides is 2. The second-order valence-corrected chi connectivity index (χ2v) is 8.63. The van der Waals surface area contributed by atoms with E-state index in [2.05, 4.69) is 15.6 Å². The minimum absolute atomic E-state index is 0.149. The van der Waals surface area contributed by atoms with Gasteiger partial charge >= 0.3 is 0 Å². The van der Waals surface area contributed by atoms with Gasteiger partial charge in [-0.3, -0.25) is 19.0 Å². The summed E-state index contributed by atoms with van der Waals surface area (Å²) in [5, 5.41) is 6.06. The number of nitrogens with zero attached hydrogens (tertiary/aromatic N) is 2. The number of aryl methyl sites for hydroxylation is 1. The minimum atomic E-state index is -0.871. The molecule has 0 bridgehead atoms. The van der Waals surface area contributed by atoms with E-state index < -0.39 is 17.5 Å². The number of fused-ring (bicyclic) bond motifs is 1. The fourth-order valence-electron chi connectivity index (χ4n) is 3.83. The minimum Gasteiger partial charge on any atom is -0.325 e. The van der Waals surface area contributed by atoms with Crippen molar-refractivity contribution in [3.05, 3.63) is 87.7 Å². The molecule has 0 radical (unpaired) electrons. The predicted molar refractivity (Wildman–Crippen MR) is 140 cm³/mol. The number of nitrogens with one attached hydrogen (secondary N) is 2. The molecule has 0 saturated heterocycles. The summed E-state index contributed by atoms with van der Waals surface area (Å²) in [6.07, 6.45) is 0.294. The van der Waals surface area contributed by atoms with E-state index in [9.17, 15) is 14.4 Å². The molecule has 8 heteroatoms. The van der Waals surface area contributed by atoms with Crippen LogP contribution in [-0.4, -0.2) is 21.4 Å². The first kappa shape index (κ1) is 24.2. The molecule has 0 aliphatic heterocycles. The highest BCUT2D eigenvalue weighted by Gasteiger charge is 2.23. The number of hydrogen-bond donors (Lipinski definition) is 2. The van der Waals surface area contributed by atoms with Crippen LogP contribution >= 0.6 is 11.6 Å². The smallest absolute Gasteiger partial charge is 0.278 e. The molecular formula is C27H25ClN4O3. The molecule has 35 heavy (non-hydrogen) atoms. The number of anilines is 2. The first-order chi connectivity index (χ1) is 16.8. The zero-order valence-electron chi connectivity index (χ0n) is 19.6. The molecule has 0 fully saturated rings. The lowest BCUT2D eigenvalue weighted by atomic mass is 10.1. The van der Waals surface area contributed by atoms with Crippen molar-refractivity contribution in [3.63, 3.8) is 0 Å². The van der Waals surface area contributed by atoms with Crippen LogP contribution in [0.5, 0.6) is 0 Å². The number of para-hydroxylation sites is 3. The molecule has 0 aliphatic rings. The van der Waals surface area contributed by atoms with Crippen molar-refractivity contribution >= 4 is 45.8 Å². The van der Waals surface area contributed by atoms with Gasteiger partial charge in [0.05, 0.1) is 27.4 Å². The highest BCUT2D eigenvalue weighted by molar-refractivity contribution is 6.33. The summed E-state index contributed by atoms with van der Waals surface area (Å²) in [6.45, 7) is 5.30. The molecule has 0 aliphatic carbocycles. The third-order valence-corrected chi connectivity index (χ3v) is 6.05. The molecule has 4 aromatic rings. The van der Waals surface area contributed by atoms with E-state index in [0.29, 0.717) is 39.4 Å². The summed E-state index contributed by atoms with van der Waals surface area (Å²) in [4.78, 5) is 43.8. The average molecular weight is 489 g/mol. The van der Waals surface area contributed by atoms with Crippen LogP contribution in [0.1, 0.15) is 31.9 Å². The summed E-state index contributed by atoms with van der Waals surface area (Å²) in [5.41, 5.74) is 3.13. The van der Waals surface area contributed by atoms with E-state index in [1.54, 1.807) is 62.4 Å². The number of aromatic nitrogens is 2. The van der Waals surface area contributed by atoms with E-state index in [-0.39, 0.29) is 11.6 Å². The molecule has 178 valence electrons. The summed E-state index contributed by atoms with van der Waals surface area (Å²) in [5.74, 6) is -0.574. The van der Waals surface area contributed by atoms with Gasteiger partial charge in [-0.1, -0.05) is 54.4 Å². The molecule has 2 N–H and O–H groups in total. The zero-order valence-corrected chi connectivity index (χ0v) is 20.4. The van der Waals surface area contributed by atoms with E-state index >= 15 is 0 Å². The Morgan fingerprint density at radius 1 is 1.00 bits per heavy atom. The molecule has 3 aromatic carbocycles.